The molecular weight excluding hydrogens is 488 g/mol. The van der Waals surface area contributed by atoms with Gasteiger partial charge < -0.3 is 5.32 Å². The van der Waals surface area contributed by atoms with Crippen LogP contribution in [-0.2, 0) is 10.0 Å². The Morgan fingerprint density at radius 3 is 2.50 bits per heavy atom. The average molecular weight is 515 g/mol. The Morgan fingerprint density at radius 1 is 1.19 bits per heavy atom. The lowest BCUT2D eigenvalue weighted by molar-refractivity contribution is 0.408. The Kier molecular flexibility index (Phi) is 7.93. The van der Waals surface area contributed by atoms with Gasteiger partial charge in [-0.25, -0.2) is 13.2 Å². The number of halogens is 1. The first-order chi connectivity index (χ1) is 14.8. The Balaban J connectivity index is 0.00000289. The highest BCUT2D eigenvalue weighted by molar-refractivity contribution is 8.01. The lowest BCUT2D eigenvalue weighted by atomic mass is 10.0. The van der Waals surface area contributed by atoms with Crippen molar-refractivity contribution >= 4 is 51.3 Å². The summed E-state index contributed by atoms with van der Waals surface area (Å²) in [5, 5.41) is 3.38. The van der Waals surface area contributed by atoms with Crippen LogP contribution in [0.3, 0.4) is 0 Å². The number of nitrogens with one attached hydrogen (secondary N) is 2. The molecule has 3 aliphatic heterocycles. The molecule has 0 aromatic heterocycles. The van der Waals surface area contributed by atoms with Crippen molar-refractivity contribution in [3.05, 3.63) is 50.9 Å². The van der Waals surface area contributed by atoms with Gasteiger partial charge in [-0.15, -0.1) is 35.5 Å². The fraction of sp³-hybridized carbons (Fsp3) is 0.429. The first-order valence-corrected chi connectivity index (χ1v) is 13.5. The van der Waals surface area contributed by atoms with E-state index in [-0.39, 0.29) is 23.1 Å². The van der Waals surface area contributed by atoms with Gasteiger partial charge in [0.2, 0.25) is 0 Å². The van der Waals surface area contributed by atoms with Crippen molar-refractivity contribution in [3.63, 3.8) is 0 Å². The van der Waals surface area contributed by atoms with Crippen LogP contribution in [0.25, 0.3) is 5.69 Å². The van der Waals surface area contributed by atoms with E-state index in [2.05, 4.69) is 15.0 Å². The molecule has 1 aromatic rings. The largest absolute Gasteiger partial charge is 0.354 e. The van der Waals surface area contributed by atoms with Crippen molar-refractivity contribution in [2.24, 2.45) is 5.92 Å². The molecular formula is C21H27ClN4O3S3. The molecule has 0 aliphatic carbocycles. The Morgan fingerprint density at radius 2 is 1.84 bits per heavy atom. The molecule has 0 unspecified atom stereocenters. The third-order valence-corrected chi connectivity index (χ3v) is 9.63. The Hall–Kier alpha value is -1.59. The van der Waals surface area contributed by atoms with Crippen LogP contribution >= 0.6 is 35.5 Å². The third kappa shape index (κ3) is 5.14. The lowest BCUT2D eigenvalue weighted by Crippen LogP contribution is -2.28. The molecule has 0 radical (unpaired) electrons. The van der Waals surface area contributed by atoms with Crippen LogP contribution in [-0.4, -0.2) is 36.8 Å². The van der Waals surface area contributed by atoms with Crippen molar-refractivity contribution in [2.75, 3.05) is 23.6 Å². The van der Waals surface area contributed by atoms with Crippen LogP contribution in [0.5, 0.6) is 0 Å². The minimum Gasteiger partial charge on any atom is -0.317 e. The minimum absolute atomic E-state index is 0. The maximum atomic E-state index is 13.0. The lowest BCUT2D eigenvalue weighted by Gasteiger charge is -2.23. The van der Waals surface area contributed by atoms with Gasteiger partial charge in [0.1, 0.15) is 5.69 Å². The van der Waals surface area contributed by atoms with Crippen molar-refractivity contribution in [1.29, 1.82) is 0 Å². The zero-order chi connectivity index (χ0) is 22.2. The van der Waals surface area contributed by atoms with Crippen LogP contribution < -0.4 is 15.7 Å². The molecule has 11 heteroatoms. The molecule has 32 heavy (non-hydrogen) atoms. The second kappa shape index (κ2) is 10.1. The van der Waals surface area contributed by atoms with Gasteiger partial charge in [0.15, 0.2) is 5.82 Å². The molecule has 0 atom stereocenters. The first-order valence-electron chi connectivity index (χ1n) is 10.2. The minimum atomic E-state index is -3.86. The van der Waals surface area contributed by atoms with Crippen LogP contribution in [0.15, 0.2) is 38.2 Å². The summed E-state index contributed by atoms with van der Waals surface area (Å²) in [6, 6.07) is 6.60. The number of fused-ring (bicyclic) bond motifs is 1. The highest BCUT2D eigenvalue weighted by Gasteiger charge is 2.27. The van der Waals surface area contributed by atoms with E-state index in [1.165, 1.54) is 4.57 Å². The number of hydrogen-bond acceptors (Lipinski definition) is 7. The van der Waals surface area contributed by atoms with Gasteiger partial charge in [-0.2, -0.15) is 4.98 Å². The zero-order valence-electron chi connectivity index (χ0n) is 18.2. The summed E-state index contributed by atoms with van der Waals surface area (Å²) < 4.78 is 30.9. The van der Waals surface area contributed by atoms with Gasteiger partial charge in [-0.05, 0) is 64.8 Å². The molecule has 174 valence electrons. The molecule has 0 bridgehead atoms. The van der Waals surface area contributed by atoms with E-state index in [9.17, 15) is 13.2 Å². The van der Waals surface area contributed by atoms with Gasteiger partial charge in [0, 0.05) is 16.3 Å². The molecule has 3 aliphatic rings. The van der Waals surface area contributed by atoms with Gasteiger partial charge in [0.05, 0.1) is 9.10 Å². The topological polar surface area (TPSA) is 93.1 Å². The third-order valence-electron chi connectivity index (χ3n) is 5.60. The number of aromatic nitrogens is 2. The summed E-state index contributed by atoms with van der Waals surface area (Å²) in [6.07, 6.45) is 2.25. The summed E-state index contributed by atoms with van der Waals surface area (Å²) in [5.41, 5.74) is 1.84. The average Bonchev–Trinajstić information content (AvgIpc) is 3.06. The number of imidazole rings is 1. The summed E-state index contributed by atoms with van der Waals surface area (Å²) in [4.78, 5) is 17.9. The molecule has 2 N–H and O–H groups in total. The smallest absolute Gasteiger partial charge is 0.317 e. The van der Waals surface area contributed by atoms with Crippen molar-refractivity contribution < 1.29 is 8.42 Å². The Labute approximate surface area is 202 Å². The molecule has 1 saturated heterocycles. The first kappa shape index (κ1) is 25.0. The van der Waals surface area contributed by atoms with E-state index in [1.54, 1.807) is 47.4 Å². The fourth-order valence-corrected chi connectivity index (χ4v) is 7.30. The van der Waals surface area contributed by atoms with Crippen LogP contribution in [0.1, 0.15) is 29.0 Å². The van der Waals surface area contributed by atoms with E-state index in [0.29, 0.717) is 11.6 Å². The van der Waals surface area contributed by atoms with Crippen molar-refractivity contribution in [1.82, 2.24) is 14.9 Å². The van der Waals surface area contributed by atoms with E-state index in [1.807, 2.05) is 20.8 Å². The number of benzene rings is 1. The number of thioether (sulfide) groups is 1. The maximum absolute atomic E-state index is 13.0. The van der Waals surface area contributed by atoms with Crippen LogP contribution in [0.2, 0.25) is 0 Å². The molecule has 0 spiro atoms. The molecule has 4 rings (SSSR count). The number of aryl methyl sites for hydroxylation is 2. The fourth-order valence-electron chi connectivity index (χ4n) is 3.63. The second-order valence-electron chi connectivity index (χ2n) is 7.88. The second-order valence-corrected chi connectivity index (χ2v) is 12.1. The van der Waals surface area contributed by atoms with Gasteiger partial charge in [-0.3, -0.25) is 9.29 Å². The van der Waals surface area contributed by atoms with Crippen molar-refractivity contribution in [2.45, 2.75) is 42.7 Å². The quantitative estimate of drug-likeness (QED) is 0.483. The van der Waals surface area contributed by atoms with E-state index in [0.717, 1.165) is 52.0 Å². The summed E-state index contributed by atoms with van der Waals surface area (Å²) in [6.45, 7) is 7.78. The predicted octanol–water partition coefficient (Wildman–Crippen LogP) is 3.97. The predicted molar refractivity (Wildman–Crippen MR) is 134 cm³/mol. The van der Waals surface area contributed by atoms with E-state index >= 15 is 0 Å². The summed E-state index contributed by atoms with van der Waals surface area (Å²) in [5.74, 6) is 1.63. The molecule has 1 fully saturated rings. The molecule has 7 nitrogen and oxygen atoms in total. The van der Waals surface area contributed by atoms with Gasteiger partial charge in [-0.1, -0.05) is 17.7 Å². The number of rotatable bonds is 6. The zero-order valence-corrected chi connectivity index (χ0v) is 21.4. The van der Waals surface area contributed by atoms with Crippen LogP contribution in [0.4, 0.5) is 5.82 Å². The maximum Gasteiger partial charge on any atom is 0.354 e. The van der Waals surface area contributed by atoms with E-state index in [4.69, 9.17) is 0 Å². The molecule has 1 aromatic carbocycles. The number of sulfonamides is 1. The number of piperidine rings is 1. The van der Waals surface area contributed by atoms with Crippen LogP contribution in [0, 0.1) is 26.7 Å². The van der Waals surface area contributed by atoms with Gasteiger partial charge in [0.25, 0.3) is 10.0 Å². The molecule has 0 saturated carbocycles. The standard InChI is InChI=1S/C21H26N4O3S3.ClH/c1-13-4-6-17(7-5-13)31(27,28)24-19-18-20(29-12-16-8-10-22-11-9-16)30-15(3)14(2)25(18)21(26)23-19;/h4-7,16,22H,8-12H2,1-3H3,(H,23,24,26);1H. The Bertz CT molecular complexity index is 1220. The highest BCUT2D eigenvalue weighted by atomic mass is 35.5. The molecule has 0 amide bonds. The number of anilines is 1. The highest BCUT2D eigenvalue weighted by Crippen LogP contribution is 2.39. The summed E-state index contributed by atoms with van der Waals surface area (Å²) >= 11 is 3.27. The normalized spacial score (nSPS) is 15.0. The number of nitrogens with zero attached hydrogens (tertiary/aromatic N) is 2. The summed E-state index contributed by atoms with van der Waals surface area (Å²) in [7, 11) is -3.86. The molecule has 3 heterocycles. The monoisotopic (exact) mass is 514 g/mol. The number of hydrogen-bond donors (Lipinski definition) is 2. The van der Waals surface area contributed by atoms with Crippen molar-refractivity contribution in [3.8, 4) is 5.69 Å². The van der Waals surface area contributed by atoms with Gasteiger partial charge >= 0.3 is 5.69 Å². The van der Waals surface area contributed by atoms with E-state index < -0.39 is 15.7 Å². The SMILES string of the molecule is Cc1ccc(S(=O)(=O)Nc2nc(=O)n3c(C)c(C)sc(SCC4CCNCC4)c2-3)cc1.Cl.